The first-order valence-corrected chi connectivity index (χ1v) is 12.6. The van der Waals surface area contributed by atoms with Crippen molar-refractivity contribution in [3.63, 3.8) is 0 Å². The number of thiazole rings is 1. The molecule has 0 aliphatic carbocycles. The Hall–Kier alpha value is -2.46. The summed E-state index contributed by atoms with van der Waals surface area (Å²) >= 11 is 7.23. The van der Waals surface area contributed by atoms with E-state index >= 15 is 0 Å². The van der Waals surface area contributed by atoms with Crippen LogP contribution >= 0.6 is 22.9 Å². The topological polar surface area (TPSA) is 88.6 Å². The molecule has 0 saturated carbocycles. The molecule has 0 spiro atoms. The highest BCUT2D eigenvalue weighted by Crippen LogP contribution is 2.31. The van der Waals surface area contributed by atoms with Gasteiger partial charge in [0.25, 0.3) is 5.91 Å². The van der Waals surface area contributed by atoms with Gasteiger partial charge >= 0.3 is 0 Å². The van der Waals surface area contributed by atoms with Crippen molar-refractivity contribution in [3.05, 3.63) is 69.7 Å². The Morgan fingerprint density at radius 3 is 2.72 bits per heavy atom. The van der Waals surface area contributed by atoms with Crippen LogP contribution in [0.1, 0.15) is 23.1 Å². The molecule has 1 aromatic heterocycles. The van der Waals surface area contributed by atoms with E-state index in [9.17, 15) is 13.2 Å². The van der Waals surface area contributed by atoms with Gasteiger partial charge < -0.3 is 4.74 Å². The summed E-state index contributed by atoms with van der Waals surface area (Å²) in [4.78, 5) is 18.1. The maximum Gasteiger partial charge on any atom is 0.266 e. The van der Waals surface area contributed by atoms with Gasteiger partial charge in [-0.3, -0.25) is 10.1 Å². The number of anilines is 1. The second kappa shape index (κ2) is 9.19. The smallest absolute Gasteiger partial charge is 0.266 e. The van der Waals surface area contributed by atoms with Crippen molar-refractivity contribution in [1.29, 1.82) is 0 Å². The maximum absolute atomic E-state index is 13.0. The lowest BCUT2D eigenvalue weighted by Gasteiger charge is -2.25. The number of aryl methyl sites for hydroxylation is 1. The second-order valence-corrected chi connectivity index (χ2v) is 11.0. The zero-order chi connectivity index (χ0) is 22.9. The summed E-state index contributed by atoms with van der Waals surface area (Å²) in [6.45, 7) is 4.12. The Morgan fingerprint density at radius 1 is 1.25 bits per heavy atom. The predicted molar refractivity (Wildman–Crippen MR) is 125 cm³/mol. The Bertz CT molecular complexity index is 1240. The number of halogens is 1. The van der Waals surface area contributed by atoms with Crippen LogP contribution in [0.4, 0.5) is 5.13 Å². The van der Waals surface area contributed by atoms with E-state index in [4.69, 9.17) is 16.3 Å². The molecule has 32 heavy (non-hydrogen) atoms. The van der Waals surface area contributed by atoms with Gasteiger partial charge in [-0.25, -0.2) is 13.4 Å². The molecule has 10 heteroatoms. The molecule has 4 rings (SSSR count). The van der Waals surface area contributed by atoms with Crippen molar-refractivity contribution < 1.29 is 17.9 Å². The second-order valence-electron chi connectivity index (χ2n) is 7.50. The Labute approximate surface area is 196 Å². The third-order valence-corrected chi connectivity index (χ3v) is 8.16. The Balaban J connectivity index is 1.43. The van der Waals surface area contributed by atoms with E-state index in [2.05, 4.69) is 10.3 Å². The van der Waals surface area contributed by atoms with Crippen LogP contribution in [0.3, 0.4) is 0 Å². The van der Waals surface area contributed by atoms with E-state index < -0.39 is 16.1 Å². The van der Waals surface area contributed by atoms with Crippen molar-refractivity contribution in [3.8, 4) is 5.75 Å². The Kier molecular flexibility index (Phi) is 6.52. The highest BCUT2D eigenvalue weighted by atomic mass is 35.5. The fourth-order valence-corrected chi connectivity index (χ4v) is 5.99. The van der Waals surface area contributed by atoms with Crippen LogP contribution in [0.2, 0.25) is 5.02 Å². The van der Waals surface area contributed by atoms with Crippen LogP contribution < -0.4 is 10.1 Å². The minimum Gasteiger partial charge on any atom is -0.481 e. The summed E-state index contributed by atoms with van der Waals surface area (Å²) in [5, 5.41) is 3.72. The number of aromatic nitrogens is 1. The van der Waals surface area contributed by atoms with Crippen LogP contribution in [-0.4, -0.2) is 36.3 Å². The van der Waals surface area contributed by atoms with Gasteiger partial charge in [0.1, 0.15) is 5.75 Å². The van der Waals surface area contributed by atoms with Gasteiger partial charge in [0.15, 0.2) is 11.2 Å². The van der Waals surface area contributed by atoms with Crippen LogP contribution in [0.15, 0.2) is 53.4 Å². The maximum atomic E-state index is 13.0. The SMILES string of the molecule is Cc1ccc(S(=O)(=O)N2CCc3nc(NC(=O)C(C)Oc4cccc(Cl)c4)sc3C2)cc1. The van der Waals surface area contributed by atoms with Gasteiger partial charge in [-0.15, -0.1) is 11.3 Å². The number of ether oxygens (including phenoxy) is 1. The summed E-state index contributed by atoms with van der Waals surface area (Å²) in [7, 11) is -3.59. The quantitative estimate of drug-likeness (QED) is 0.556. The number of amides is 1. The molecule has 168 valence electrons. The molecule has 1 aliphatic heterocycles. The largest absolute Gasteiger partial charge is 0.481 e. The zero-order valence-corrected chi connectivity index (χ0v) is 19.9. The van der Waals surface area contributed by atoms with Gasteiger partial charge in [0, 0.05) is 22.9 Å². The molecule has 0 fully saturated rings. The minimum atomic E-state index is -3.59. The number of benzene rings is 2. The fraction of sp³-hybridized carbons (Fsp3) is 0.273. The Morgan fingerprint density at radius 2 is 2.00 bits per heavy atom. The lowest BCUT2D eigenvalue weighted by molar-refractivity contribution is -0.122. The van der Waals surface area contributed by atoms with E-state index in [0.717, 1.165) is 16.1 Å². The van der Waals surface area contributed by atoms with Gasteiger partial charge in [-0.05, 0) is 44.2 Å². The summed E-state index contributed by atoms with van der Waals surface area (Å²) in [5.74, 6) is 0.149. The minimum absolute atomic E-state index is 0.230. The number of hydrogen-bond donors (Lipinski definition) is 1. The molecule has 0 radical (unpaired) electrons. The van der Waals surface area contributed by atoms with Crippen molar-refractivity contribution in [1.82, 2.24) is 9.29 Å². The molecule has 0 bridgehead atoms. The van der Waals surface area contributed by atoms with Crippen molar-refractivity contribution in [2.45, 2.75) is 37.8 Å². The standard InChI is InChI=1S/C22H22ClN3O4S2/c1-14-6-8-18(9-7-14)32(28,29)26-11-10-19-20(13-26)31-22(24-19)25-21(27)15(2)30-17-5-3-4-16(23)12-17/h3-9,12,15H,10-11,13H2,1-2H3,(H,24,25,27). The van der Waals surface area contributed by atoms with E-state index in [1.165, 1.54) is 15.6 Å². The van der Waals surface area contributed by atoms with Gasteiger partial charge in [-0.1, -0.05) is 35.4 Å². The molecular weight excluding hydrogens is 470 g/mol. The molecule has 1 unspecified atom stereocenters. The predicted octanol–water partition coefficient (Wildman–Crippen LogP) is 4.26. The number of nitrogens with zero attached hydrogens (tertiary/aromatic N) is 2. The zero-order valence-electron chi connectivity index (χ0n) is 17.5. The monoisotopic (exact) mass is 491 g/mol. The highest BCUT2D eigenvalue weighted by Gasteiger charge is 2.30. The van der Waals surface area contributed by atoms with Crippen LogP contribution in [-0.2, 0) is 27.8 Å². The first kappa shape index (κ1) is 22.7. The van der Waals surface area contributed by atoms with Gasteiger partial charge in [0.05, 0.1) is 17.1 Å². The molecular formula is C22H22ClN3O4S2. The fourth-order valence-electron chi connectivity index (χ4n) is 3.29. The number of rotatable bonds is 6. The van der Waals surface area contributed by atoms with Gasteiger partial charge in [-0.2, -0.15) is 4.31 Å². The average Bonchev–Trinajstić information content (AvgIpc) is 3.15. The molecule has 7 nitrogen and oxygen atoms in total. The number of nitrogens with one attached hydrogen (secondary N) is 1. The normalized spacial score (nSPS) is 15.1. The first-order chi connectivity index (χ1) is 15.2. The lowest BCUT2D eigenvalue weighted by atomic mass is 10.2. The van der Waals surface area contributed by atoms with Crippen LogP contribution in [0.5, 0.6) is 5.75 Å². The molecule has 3 aromatic rings. The number of hydrogen-bond acceptors (Lipinski definition) is 6. The van der Waals surface area contributed by atoms with E-state index in [1.54, 1.807) is 55.5 Å². The summed E-state index contributed by atoms with van der Waals surface area (Å²) in [5.41, 5.74) is 1.81. The molecule has 1 N–H and O–H groups in total. The highest BCUT2D eigenvalue weighted by molar-refractivity contribution is 7.89. The van der Waals surface area contributed by atoms with Crippen LogP contribution in [0, 0.1) is 6.92 Å². The molecule has 1 aliphatic rings. The summed E-state index contributed by atoms with van der Waals surface area (Å²) in [6, 6.07) is 13.6. The summed E-state index contributed by atoms with van der Waals surface area (Å²) in [6.07, 6.45) is -0.269. The molecule has 2 aromatic carbocycles. The van der Waals surface area contributed by atoms with E-state index in [1.807, 2.05) is 6.92 Å². The summed E-state index contributed by atoms with van der Waals surface area (Å²) < 4.78 is 33.1. The first-order valence-electron chi connectivity index (χ1n) is 10.0. The third-order valence-electron chi connectivity index (χ3n) is 5.06. The lowest BCUT2D eigenvalue weighted by Crippen LogP contribution is -2.35. The van der Waals surface area contributed by atoms with Crippen molar-refractivity contribution >= 4 is 44.0 Å². The van der Waals surface area contributed by atoms with Crippen molar-refractivity contribution in [2.24, 2.45) is 0 Å². The number of fused-ring (bicyclic) bond motifs is 1. The average molecular weight is 492 g/mol. The molecule has 2 heterocycles. The molecule has 0 saturated heterocycles. The third kappa shape index (κ3) is 4.96. The van der Waals surface area contributed by atoms with Gasteiger partial charge in [0.2, 0.25) is 10.0 Å². The van der Waals surface area contributed by atoms with Crippen LogP contribution in [0.25, 0.3) is 0 Å². The van der Waals surface area contributed by atoms with Crippen molar-refractivity contribution in [2.75, 3.05) is 11.9 Å². The molecule has 1 atom stereocenters. The molecule has 1 amide bonds. The van der Waals surface area contributed by atoms with E-state index in [-0.39, 0.29) is 17.3 Å². The number of carbonyl (C=O) groups is 1. The number of sulfonamides is 1. The van der Waals surface area contributed by atoms with E-state index in [0.29, 0.717) is 28.9 Å². The number of carbonyl (C=O) groups excluding carboxylic acids is 1.